The van der Waals surface area contributed by atoms with E-state index in [0.717, 1.165) is 12.1 Å². The lowest BCUT2D eigenvalue weighted by Crippen LogP contribution is -2.09. The summed E-state index contributed by atoms with van der Waals surface area (Å²) in [5.41, 5.74) is 1.07. The Hall–Kier alpha value is -2.69. The molecule has 0 amide bonds. The van der Waals surface area contributed by atoms with E-state index in [1.165, 1.54) is 12.1 Å². The fourth-order valence-corrected chi connectivity index (χ4v) is 2.55. The van der Waals surface area contributed by atoms with Crippen LogP contribution < -0.4 is 0 Å². The van der Waals surface area contributed by atoms with Gasteiger partial charge in [-0.25, -0.2) is 0 Å². The molecule has 0 unspecified atom stereocenters. The number of benzene rings is 2. The number of hydrogen-bond acceptors (Lipinski definition) is 5. The Morgan fingerprint density at radius 1 is 0.773 bits per heavy atom. The largest absolute Gasteiger partial charge is 0.508 e. The molecule has 0 fully saturated rings. The Balaban J connectivity index is 2.68. The molecule has 2 aromatic carbocycles. The molecule has 0 bridgehead atoms. The smallest absolute Gasteiger partial charge is 0.201 e. The zero-order valence-corrected chi connectivity index (χ0v) is 12.4. The molecule has 0 saturated heterocycles. The van der Waals surface area contributed by atoms with Crippen molar-refractivity contribution in [3.8, 4) is 23.0 Å². The molecule has 22 heavy (non-hydrogen) atoms. The summed E-state index contributed by atoms with van der Waals surface area (Å²) in [6, 6.07) is 5.01. The molecule has 0 aromatic heterocycles. The Labute approximate surface area is 128 Å². The first-order valence-electron chi connectivity index (χ1n) is 7.03. The number of aryl methyl sites for hydroxylation is 2. The molecule has 0 aliphatic carbocycles. The van der Waals surface area contributed by atoms with Crippen LogP contribution in [0.15, 0.2) is 24.3 Å². The zero-order chi connectivity index (χ0) is 16.4. The van der Waals surface area contributed by atoms with Crippen molar-refractivity contribution in [2.24, 2.45) is 0 Å². The maximum Gasteiger partial charge on any atom is 0.201 e. The molecule has 0 aliphatic rings. The maximum absolute atomic E-state index is 12.8. The van der Waals surface area contributed by atoms with Gasteiger partial charge in [-0.3, -0.25) is 4.79 Å². The number of rotatable bonds is 4. The molecular formula is C17H18O5. The minimum absolute atomic E-state index is 0.0518. The monoisotopic (exact) mass is 302 g/mol. The topological polar surface area (TPSA) is 98.0 Å². The van der Waals surface area contributed by atoms with Crippen molar-refractivity contribution in [3.05, 3.63) is 46.5 Å². The number of ketones is 1. The molecule has 0 spiro atoms. The van der Waals surface area contributed by atoms with Crippen LogP contribution in [0, 0.1) is 0 Å². The summed E-state index contributed by atoms with van der Waals surface area (Å²) in [5, 5.41) is 39.1. The Morgan fingerprint density at radius 3 is 1.45 bits per heavy atom. The third-order valence-electron chi connectivity index (χ3n) is 3.58. The summed E-state index contributed by atoms with van der Waals surface area (Å²) >= 11 is 0. The van der Waals surface area contributed by atoms with Crippen LogP contribution in [0.25, 0.3) is 0 Å². The highest BCUT2D eigenvalue weighted by molar-refractivity contribution is 6.14. The summed E-state index contributed by atoms with van der Waals surface area (Å²) < 4.78 is 0. The molecule has 116 valence electrons. The van der Waals surface area contributed by atoms with Gasteiger partial charge in [0.25, 0.3) is 0 Å². The van der Waals surface area contributed by atoms with Gasteiger partial charge in [-0.2, -0.15) is 0 Å². The Bertz CT molecular complexity index is 673. The fourth-order valence-electron chi connectivity index (χ4n) is 2.55. The van der Waals surface area contributed by atoms with Crippen molar-refractivity contribution in [2.45, 2.75) is 26.7 Å². The number of aromatic hydroxyl groups is 4. The number of carbonyl (C=O) groups excluding carboxylic acids is 1. The van der Waals surface area contributed by atoms with Crippen molar-refractivity contribution in [3.63, 3.8) is 0 Å². The van der Waals surface area contributed by atoms with E-state index in [0.29, 0.717) is 24.0 Å². The lowest BCUT2D eigenvalue weighted by Gasteiger charge is -2.14. The average molecular weight is 302 g/mol. The van der Waals surface area contributed by atoms with Gasteiger partial charge in [0.05, 0.1) is 11.1 Å². The third-order valence-corrected chi connectivity index (χ3v) is 3.58. The van der Waals surface area contributed by atoms with Crippen molar-refractivity contribution in [2.75, 3.05) is 0 Å². The summed E-state index contributed by atoms with van der Waals surface area (Å²) in [7, 11) is 0. The normalized spacial score (nSPS) is 10.6. The quantitative estimate of drug-likeness (QED) is 0.651. The van der Waals surface area contributed by atoms with E-state index in [-0.39, 0.29) is 34.1 Å². The number of phenols is 4. The van der Waals surface area contributed by atoms with E-state index in [9.17, 15) is 25.2 Å². The molecule has 0 aliphatic heterocycles. The first kappa shape index (κ1) is 15.7. The Kier molecular flexibility index (Phi) is 4.26. The third kappa shape index (κ3) is 2.70. The molecule has 4 N–H and O–H groups in total. The predicted octanol–water partition coefficient (Wildman–Crippen LogP) is 2.86. The zero-order valence-electron chi connectivity index (χ0n) is 12.4. The highest BCUT2D eigenvalue weighted by Crippen LogP contribution is 2.35. The summed E-state index contributed by atoms with van der Waals surface area (Å²) in [4.78, 5) is 12.8. The van der Waals surface area contributed by atoms with Gasteiger partial charge in [0.15, 0.2) is 0 Å². The Morgan fingerprint density at radius 2 is 1.14 bits per heavy atom. The number of hydrogen-bond donors (Lipinski definition) is 4. The van der Waals surface area contributed by atoms with Gasteiger partial charge < -0.3 is 20.4 Å². The van der Waals surface area contributed by atoms with E-state index in [4.69, 9.17) is 0 Å². The van der Waals surface area contributed by atoms with E-state index >= 15 is 0 Å². The molecule has 5 heteroatoms. The molecule has 0 heterocycles. The van der Waals surface area contributed by atoms with Crippen molar-refractivity contribution < 1.29 is 25.2 Å². The van der Waals surface area contributed by atoms with E-state index in [1.54, 1.807) is 13.8 Å². The van der Waals surface area contributed by atoms with Crippen LogP contribution in [-0.4, -0.2) is 26.2 Å². The number of phenolic OH excluding ortho intramolecular Hbond substituents is 4. The van der Waals surface area contributed by atoms with Crippen LogP contribution >= 0.6 is 0 Å². The molecule has 0 atom stereocenters. The molecule has 0 radical (unpaired) electrons. The van der Waals surface area contributed by atoms with E-state index in [1.807, 2.05) is 0 Å². The van der Waals surface area contributed by atoms with Crippen molar-refractivity contribution in [1.29, 1.82) is 0 Å². The van der Waals surface area contributed by atoms with Gasteiger partial charge in [-0.15, -0.1) is 0 Å². The fraction of sp³-hybridized carbons (Fsp3) is 0.235. The second kappa shape index (κ2) is 5.97. The first-order chi connectivity index (χ1) is 10.4. The van der Waals surface area contributed by atoms with Crippen LogP contribution in [0.3, 0.4) is 0 Å². The minimum Gasteiger partial charge on any atom is -0.508 e. The highest BCUT2D eigenvalue weighted by atomic mass is 16.3. The molecule has 0 saturated carbocycles. The summed E-state index contributed by atoms with van der Waals surface area (Å²) in [5.74, 6) is -1.47. The molecule has 2 rings (SSSR count). The van der Waals surface area contributed by atoms with Crippen molar-refractivity contribution in [1.82, 2.24) is 0 Å². The second-order valence-electron chi connectivity index (χ2n) is 5.03. The van der Waals surface area contributed by atoms with Crippen LogP contribution in [0.2, 0.25) is 0 Å². The van der Waals surface area contributed by atoms with Crippen LogP contribution in [0.5, 0.6) is 23.0 Å². The van der Waals surface area contributed by atoms with Crippen molar-refractivity contribution >= 4 is 5.78 Å². The lowest BCUT2D eigenvalue weighted by atomic mass is 9.91. The van der Waals surface area contributed by atoms with Gasteiger partial charge >= 0.3 is 0 Å². The van der Waals surface area contributed by atoms with Gasteiger partial charge in [0, 0.05) is 12.1 Å². The van der Waals surface area contributed by atoms with Gasteiger partial charge in [0.2, 0.25) is 5.78 Å². The molecular weight excluding hydrogens is 284 g/mol. The summed E-state index contributed by atoms with van der Waals surface area (Å²) in [6.07, 6.45) is 0.868. The van der Waals surface area contributed by atoms with Gasteiger partial charge in [-0.1, -0.05) is 13.8 Å². The predicted molar refractivity (Wildman–Crippen MR) is 81.7 cm³/mol. The standard InChI is InChI=1S/C17H18O5/c1-3-9-5-11(18)7-13(20)15(9)17(22)16-10(4-2)6-12(19)8-14(16)21/h5-8,18-21H,3-4H2,1-2H3. The molecule has 2 aromatic rings. The van der Waals surface area contributed by atoms with Gasteiger partial charge in [-0.05, 0) is 36.1 Å². The SMILES string of the molecule is CCc1cc(O)cc(O)c1C(=O)c1c(O)cc(O)cc1CC. The average Bonchev–Trinajstić information content (AvgIpc) is 2.44. The van der Waals surface area contributed by atoms with E-state index < -0.39 is 5.78 Å². The summed E-state index contributed by atoms with van der Waals surface area (Å²) in [6.45, 7) is 3.59. The van der Waals surface area contributed by atoms with Crippen LogP contribution in [0.4, 0.5) is 0 Å². The molecule has 5 nitrogen and oxygen atoms in total. The van der Waals surface area contributed by atoms with E-state index in [2.05, 4.69) is 0 Å². The van der Waals surface area contributed by atoms with Crippen LogP contribution in [0.1, 0.15) is 40.9 Å². The van der Waals surface area contributed by atoms with Crippen LogP contribution in [-0.2, 0) is 12.8 Å². The maximum atomic E-state index is 12.8. The highest BCUT2D eigenvalue weighted by Gasteiger charge is 2.24. The van der Waals surface area contributed by atoms with Gasteiger partial charge in [0.1, 0.15) is 23.0 Å². The minimum atomic E-state index is -0.538. The first-order valence-corrected chi connectivity index (χ1v) is 7.03. The number of carbonyl (C=O) groups is 1. The lowest BCUT2D eigenvalue weighted by molar-refractivity contribution is 0.103. The second-order valence-corrected chi connectivity index (χ2v) is 5.03.